The Balaban J connectivity index is 1.64. The lowest BCUT2D eigenvalue weighted by atomic mass is 10.2. The third-order valence-electron chi connectivity index (χ3n) is 4.43. The number of esters is 1. The van der Waals surface area contributed by atoms with E-state index in [1.54, 1.807) is 12.1 Å². The van der Waals surface area contributed by atoms with E-state index in [2.05, 4.69) is 0 Å². The van der Waals surface area contributed by atoms with Crippen LogP contribution >= 0.6 is 11.6 Å². The van der Waals surface area contributed by atoms with Gasteiger partial charge in [0.15, 0.2) is 0 Å². The molecule has 28 heavy (non-hydrogen) atoms. The molecule has 0 amide bonds. The summed E-state index contributed by atoms with van der Waals surface area (Å²) in [5.41, 5.74) is 0.139. The molecule has 0 N–H and O–H groups in total. The molecular weight excluding hydrogens is 402 g/mol. The van der Waals surface area contributed by atoms with Crippen LogP contribution in [0.15, 0.2) is 53.4 Å². The summed E-state index contributed by atoms with van der Waals surface area (Å²) in [5, 5.41) is 0.0922. The van der Waals surface area contributed by atoms with Crippen molar-refractivity contribution in [1.82, 2.24) is 4.31 Å². The first-order valence-electron chi connectivity index (χ1n) is 9.13. The van der Waals surface area contributed by atoms with Gasteiger partial charge in [-0.1, -0.05) is 36.2 Å². The second kappa shape index (κ2) is 9.41. The number of hydrogen-bond donors (Lipinski definition) is 0. The fourth-order valence-electron chi connectivity index (χ4n) is 2.97. The van der Waals surface area contributed by atoms with Crippen LogP contribution in [-0.4, -0.2) is 45.0 Å². The van der Waals surface area contributed by atoms with Gasteiger partial charge in [-0.05, 0) is 43.2 Å². The van der Waals surface area contributed by atoms with Crippen molar-refractivity contribution < 1.29 is 22.7 Å². The summed E-state index contributed by atoms with van der Waals surface area (Å²) in [7, 11) is -3.74. The number of carbonyl (C=O) groups is 1. The average molecular weight is 424 g/mol. The van der Waals surface area contributed by atoms with E-state index in [9.17, 15) is 13.2 Å². The Bertz CT molecular complexity index is 911. The predicted molar refractivity (Wildman–Crippen MR) is 106 cm³/mol. The molecule has 1 fully saturated rings. The molecule has 3 rings (SSSR count). The normalized spacial score (nSPS) is 15.2. The number of ether oxygens (including phenoxy) is 2. The summed E-state index contributed by atoms with van der Waals surface area (Å²) >= 11 is 6.12. The topological polar surface area (TPSA) is 72.9 Å². The zero-order valence-electron chi connectivity index (χ0n) is 15.3. The van der Waals surface area contributed by atoms with Gasteiger partial charge in [-0.2, -0.15) is 4.31 Å². The molecule has 0 unspecified atom stereocenters. The van der Waals surface area contributed by atoms with E-state index in [1.807, 2.05) is 18.2 Å². The van der Waals surface area contributed by atoms with Crippen LogP contribution in [0, 0.1) is 0 Å². The molecular formula is C20H22ClNO5S. The second-order valence-corrected chi connectivity index (χ2v) is 8.72. The van der Waals surface area contributed by atoms with Gasteiger partial charge in [0.05, 0.1) is 10.6 Å². The lowest BCUT2D eigenvalue weighted by Gasteiger charge is -2.26. The zero-order chi connectivity index (χ0) is 20.0. The number of hydrogen-bond acceptors (Lipinski definition) is 5. The van der Waals surface area contributed by atoms with E-state index in [0.717, 1.165) is 19.3 Å². The molecule has 0 aliphatic carbocycles. The highest BCUT2D eigenvalue weighted by Crippen LogP contribution is 2.28. The smallest absolute Gasteiger partial charge is 0.338 e. The maximum atomic E-state index is 12.9. The lowest BCUT2D eigenvalue weighted by Crippen LogP contribution is -2.35. The predicted octanol–water partition coefficient (Wildman–Crippen LogP) is 3.75. The van der Waals surface area contributed by atoms with Crippen molar-refractivity contribution in [2.45, 2.75) is 24.2 Å². The first-order valence-corrected chi connectivity index (χ1v) is 10.9. The molecule has 8 heteroatoms. The third kappa shape index (κ3) is 5.04. The van der Waals surface area contributed by atoms with Gasteiger partial charge >= 0.3 is 5.97 Å². The van der Waals surface area contributed by atoms with E-state index in [0.29, 0.717) is 18.8 Å². The maximum Gasteiger partial charge on any atom is 0.338 e. The number of sulfonamides is 1. The Morgan fingerprint density at radius 1 is 1.00 bits per heavy atom. The van der Waals surface area contributed by atoms with Gasteiger partial charge in [0, 0.05) is 13.1 Å². The molecule has 1 aliphatic rings. The van der Waals surface area contributed by atoms with Crippen LogP contribution in [-0.2, 0) is 14.8 Å². The lowest BCUT2D eigenvalue weighted by molar-refractivity contribution is 0.0450. The highest BCUT2D eigenvalue weighted by atomic mass is 35.5. The van der Waals surface area contributed by atoms with Gasteiger partial charge in [-0.3, -0.25) is 0 Å². The van der Waals surface area contributed by atoms with Crippen molar-refractivity contribution in [2.24, 2.45) is 0 Å². The molecule has 0 atom stereocenters. The van der Waals surface area contributed by atoms with Crippen LogP contribution in [0.1, 0.15) is 29.6 Å². The Labute approximate surface area is 170 Å². The molecule has 150 valence electrons. The molecule has 1 saturated heterocycles. The summed E-state index contributed by atoms with van der Waals surface area (Å²) in [6.07, 6.45) is 2.65. The SMILES string of the molecule is O=C(OCCOc1ccccc1)c1ccc(Cl)c(S(=O)(=O)N2CCCCC2)c1. The quantitative estimate of drug-likeness (QED) is 0.501. The summed E-state index contributed by atoms with van der Waals surface area (Å²) in [6, 6.07) is 13.3. The van der Waals surface area contributed by atoms with Crippen LogP contribution in [0.4, 0.5) is 0 Å². The minimum atomic E-state index is -3.74. The molecule has 2 aromatic rings. The maximum absolute atomic E-state index is 12.9. The Morgan fingerprint density at radius 2 is 1.71 bits per heavy atom. The summed E-state index contributed by atoms with van der Waals surface area (Å²) in [6.45, 7) is 1.17. The zero-order valence-corrected chi connectivity index (χ0v) is 16.9. The highest BCUT2D eigenvalue weighted by molar-refractivity contribution is 7.89. The van der Waals surface area contributed by atoms with Crippen molar-refractivity contribution in [2.75, 3.05) is 26.3 Å². The molecule has 0 saturated carbocycles. The Hall–Kier alpha value is -2.09. The molecule has 0 bridgehead atoms. The largest absolute Gasteiger partial charge is 0.490 e. The molecule has 0 aromatic heterocycles. The molecule has 6 nitrogen and oxygen atoms in total. The summed E-state index contributed by atoms with van der Waals surface area (Å²) in [4.78, 5) is 12.2. The van der Waals surface area contributed by atoms with Gasteiger partial charge in [-0.15, -0.1) is 0 Å². The molecule has 2 aromatic carbocycles. The van der Waals surface area contributed by atoms with E-state index in [4.69, 9.17) is 21.1 Å². The first kappa shape index (κ1) is 20.6. The van der Waals surface area contributed by atoms with Gasteiger partial charge in [-0.25, -0.2) is 13.2 Å². The number of halogens is 1. The number of rotatable bonds is 7. The van der Waals surface area contributed by atoms with E-state index < -0.39 is 16.0 Å². The van der Waals surface area contributed by atoms with E-state index >= 15 is 0 Å². The van der Waals surface area contributed by atoms with Crippen molar-refractivity contribution in [3.63, 3.8) is 0 Å². The minimum absolute atomic E-state index is 0.0462. The number of piperidine rings is 1. The number of nitrogens with zero attached hydrogens (tertiary/aromatic N) is 1. The van der Waals surface area contributed by atoms with Crippen LogP contribution in [0.25, 0.3) is 0 Å². The van der Waals surface area contributed by atoms with E-state index in [1.165, 1.54) is 22.5 Å². The van der Waals surface area contributed by atoms with Gasteiger partial charge in [0.1, 0.15) is 23.9 Å². The van der Waals surface area contributed by atoms with Crippen molar-refractivity contribution in [3.8, 4) is 5.75 Å². The third-order valence-corrected chi connectivity index (χ3v) is 6.81. The summed E-state index contributed by atoms with van der Waals surface area (Å²) in [5.74, 6) is 0.0587. The van der Waals surface area contributed by atoms with Crippen LogP contribution in [0.3, 0.4) is 0 Å². The van der Waals surface area contributed by atoms with Crippen LogP contribution in [0.5, 0.6) is 5.75 Å². The summed E-state index contributed by atoms with van der Waals surface area (Å²) < 4.78 is 37.8. The Kier molecular flexibility index (Phi) is 6.93. The van der Waals surface area contributed by atoms with Crippen LogP contribution in [0.2, 0.25) is 5.02 Å². The minimum Gasteiger partial charge on any atom is -0.490 e. The highest BCUT2D eigenvalue weighted by Gasteiger charge is 2.28. The molecule has 1 aliphatic heterocycles. The number of para-hydroxylation sites is 1. The standard InChI is InChI=1S/C20H22ClNO5S/c21-18-10-9-16(15-19(18)28(24,25)22-11-5-2-6-12-22)20(23)27-14-13-26-17-7-3-1-4-8-17/h1,3-4,7-10,15H,2,5-6,11-14H2. The monoisotopic (exact) mass is 423 g/mol. The average Bonchev–Trinajstić information content (AvgIpc) is 2.72. The fraction of sp³-hybridized carbons (Fsp3) is 0.350. The second-order valence-electron chi connectivity index (χ2n) is 6.41. The van der Waals surface area contributed by atoms with Gasteiger partial charge < -0.3 is 9.47 Å². The van der Waals surface area contributed by atoms with Gasteiger partial charge in [0.2, 0.25) is 10.0 Å². The fourth-order valence-corrected chi connectivity index (χ4v) is 4.98. The number of carbonyl (C=O) groups excluding carboxylic acids is 1. The van der Waals surface area contributed by atoms with Crippen molar-refractivity contribution in [1.29, 1.82) is 0 Å². The van der Waals surface area contributed by atoms with Crippen molar-refractivity contribution in [3.05, 3.63) is 59.1 Å². The first-order chi connectivity index (χ1) is 13.5. The molecule has 0 radical (unpaired) electrons. The van der Waals surface area contributed by atoms with E-state index in [-0.39, 0.29) is 28.7 Å². The molecule has 1 heterocycles. The Morgan fingerprint density at radius 3 is 2.43 bits per heavy atom. The van der Waals surface area contributed by atoms with Crippen molar-refractivity contribution >= 4 is 27.6 Å². The molecule has 0 spiro atoms. The van der Waals surface area contributed by atoms with Crippen LogP contribution < -0.4 is 4.74 Å². The number of benzene rings is 2. The van der Waals surface area contributed by atoms with Gasteiger partial charge in [0.25, 0.3) is 0 Å².